The molecule has 2 N–H and O–H groups in total. The van der Waals surface area contributed by atoms with Crippen LogP contribution in [0.25, 0.3) is 0 Å². The monoisotopic (exact) mass is 211 g/mol. The maximum atomic E-state index is 8.95. The largest absolute Gasteiger partial charge is 0.386 e. The van der Waals surface area contributed by atoms with Crippen LogP contribution in [0.2, 0.25) is 0 Å². The number of allylic oxidation sites excluding steroid dienone is 1. The van der Waals surface area contributed by atoms with E-state index in [4.69, 9.17) is 11.0 Å². The third kappa shape index (κ3) is 1.82. The third-order valence-electron chi connectivity index (χ3n) is 2.79. The summed E-state index contributed by atoms with van der Waals surface area (Å²) in [6.07, 6.45) is 0.742. The van der Waals surface area contributed by atoms with Crippen molar-refractivity contribution in [2.24, 2.45) is 16.6 Å². The van der Waals surface area contributed by atoms with E-state index < -0.39 is 0 Å². The lowest BCUT2D eigenvalue weighted by molar-refractivity contribution is 1.01. The van der Waals surface area contributed by atoms with Crippen molar-refractivity contribution in [3.05, 3.63) is 47.2 Å². The van der Waals surface area contributed by atoms with Gasteiger partial charge in [-0.15, -0.1) is 0 Å². The third-order valence-corrected chi connectivity index (χ3v) is 2.79. The van der Waals surface area contributed by atoms with Crippen molar-refractivity contribution in [2.75, 3.05) is 0 Å². The summed E-state index contributed by atoms with van der Waals surface area (Å²) in [5.41, 5.74) is 8.80. The van der Waals surface area contributed by atoms with E-state index in [2.05, 4.69) is 11.1 Å². The van der Waals surface area contributed by atoms with Gasteiger partial charge >= 0.3 is 0 Å². The molecule has 16 heavy (non-hydrogen) atoms. The first-order valence-electron chi connectivity index (χ1n) is 5.19. The van der Waals surface area contributed by atoms with Crippen molar-refractivity contribution in [3.8, 4) is 6.07 Å². The summed E-state index contributed by atoms with van der Waals surface area (Å²) in [5.74, 6) is 0.0876. The van der Waals surface area contributed by atoms with Crippen molar-refractivity contribution in [2.45, 2.75) is 13.3 Å². The molecule has 1 aliphatic heterocycles. The van der Waals surface area contributed by atoms with Gasteiger partial charge in [0.1, 0.15) is 11.8 Å². The van der Waals surface area contributed by atoms with Crippen LogP contribution in [0.5, 0.6) is 0 Å². The first-order chi connectivity index (χ1) is 7.72. The van der Waals surface area contributed by atoms with Gasteiger partial charge in [0, 0.05) is 12.1 Å². The molecule has 1 aromatic carbocycles. The molecule has 1 aromatic rings. The molecule has 1 aliphatic rings. The lowest BCUT2D eigenvalue weighted by Crippen LogP contribution is -2.19. The maximum Gasteiger partial charge on any atom is 0.126 e. The molecule has 0 unspecified atom stereocenters. The van der Waals surface area contributed by atoms with Gasteiger partial charge in [-0.1, -0.05) is 30.3 Å². The zero-order valence-electron chi connectivity index (χ0n) is 9.14. The normalized spacial score (nSPS) is 19.5. The van der Waals surface area contributed by atoms with E-state index in [-0.39, 0.29) is 5.92 Å². The van der Waals surface area contributed by atoms with Gasteiger partial charge in [-0.05, 0) is 18.1 Å². The highest BCUT2D eigenvalue weighted by atomic mass is 14.9. The summed E-state index contributed by atoms with van der Waals surface area (Å²) in [4.78, 5) is 4.27. The molecule has 0 bridgehead atoms. The summed E-state index contributed by atoms with van der Waals surface area (Å²) in [6.45, 7) is 1.93. The maximum absolute atomic E-state index is 8.95. The van der Waals surface area contributed by atoms with Gasteiger partial charge in [-0.2, -0.15) is 5.26 Å². The second-order valence-corrected chi connectivity index (χ2v) is 3.89. The molecule has 0 amide bonds. The van der Waals surface area contributed by atoms with Crippen LogP contribution in [0.1, 0.15) is 12.5 Å². The van der Waals surface area contributed by atoms with Crippen LogP contribution in [-0.4, -0.2) is 5.84 Å². The Balaban J connectivity index is 2.24. The highest BCUT2D eigenvalue weighted by molar-refractivity contribution is 5.91. The number of aliphatic imine (C=N–C) groups is 1. The van der Waals surface area contributed by atoms with Crippen molar-refractivity contribution >= 4 is 5.84 Å². The number of amidine groups is 1. The number of rotatable bonds is 2. The van der Waals surface area contributed by atoms with Crippen LogP contribution in [0, 0.1) is 17.2 Å². The van der Waals surface area contributed by atoms with Crippen LogP contribution in [-0.2, 0) is 6.42 Å². The van der Waals surface area contributed by atoms with Gasteiger partial charge in [0.2, 0.25) is 0 Å². The van der Waals surface area contributed by atoms with E-state index in [1.54, 1.807) is 0 Å². The summed E-state index contributed by atoms with van der Waals surface area (Å²) in [6, 6.07) is 12.2. The summed E-state index contributed by atoms with van der Waals surface area (Å²) < 4.78 is 0. The molecule has 1 heterocycles. The summed E-state index contributed by atoms with van der Waals surface area (Å²) in [7, 11) is 0. The fourth-order valence-electron chi connectivity index (χ4n) is 1.83. The lowest BCUT2D eigenvalue weighted by Gasteiger charge is -2.03. The predicted octanol–water partition coefficient (Wildman–Crippen LogP) is 2.01. The van der Waals surface area contributed by atoms with Crippen molar-refractivity contribution in [1.29, 1.82) is 5.26 Å². The number of benzene rings is 1. The molecule has 0 aliphatic carbocycles. The Bertz CT molecular complexity index is 492. The first kappa shape index (κ1) is 10.4. The fourth-order valence-corrected chi connectivity index (χ4v) is 1.83. The Morgan fingerprint density at radius 1 is 1.38 bits per heavy atom. The van der Waals surface area contributed by atoms with Crippen molar-refractivity contribution < 1.29 is 0 Å². The summed E-state index contributed by atoms with van der Waals surface area (Å²) >= 11 is 0. The molecule has 0 saturated carbocycles. The molecule has 0 radical (unpaired) electrons. The number of nitrogens with two attached hydrogens (primary N) is 1. The van der Waals surface area contributed by atoms with E-state index in [9.17, 15) is 0 Å². The number of hydrogen-bond donors (Lipinski definition) is 1. The van der Waals surface area contributed by atoms with Crippen LogP contribution >= 0.6 is 0 Å². The van der Waals surface area contributed by atoms with Crippen LogP contribution < -0.4 is 5.73 Å². The molecule has 80 valence electrons. The topological polar surface area (TPSA) is 62.2 Å². The van der Waals surface area contributed by atoms with Gasteiger partial charge in [0.25, 0.3) is 0 Å². The standard InChI is InChI=1S/C13H13N3/c1-9-11(8-14)13(15)16-12(9)7-10-5-3-2-4-6-10/h2-6,11H,7H2,1H3,(H2,15,16)/t11-/m0/s1. The van der Waals surface area contributed by atoms with Gasteiger partial charge in [0.15, 0.2) is 0 Å². The van der Waals surface area contributed by atoms with E-state index in [1.165, 1.54) is 5.56 Å². The molecule has 2 rings (SSSR count). The molecule has 0 spiro atoms. The average Bonchev–Trinajstić information content (AvgIpc) is 2.55. The van der Waals surface area contributed by atoms with Crippen molar-refractivity contribution in [1.82, 2.24) is 0 Å². The fraction of sp³-hybridized carbons (Fsp3) is 0.231. The molecule has 1 atom stereocenters. The van der Waals surface area contributed by atoms with Crippen molar-refractivity contribution in [3.63, 3.8) is 0 Å². The molecule has 3 heteroatoms. The Kier molecular flexibility index (Phi) is 2.74. The molecule has 0 fully saturated rings. The Labute approximate surface area is 94.9 Å². The highest BCUT2D eigenvalue weighted by Crippen LogP contribution is 2.25. The van der Waals surface area contributed by atoms with E-state index in [0.29, 0.717) is 5.84 Å². The second kappa shape index (κ2) is 4.19. The summed E-state index contributed by atoms with van der Waals surface area (Å²) in [5, 5.41) is 8.95. The minimum absolute atomic E-state index is 0.335. The predicted molar refractivity (Wildman–Crippen MR) is 63.6 cm³/mol. The first-order valence-corrected chi connectivity index (χ1v) is 5.19. The van der Waals surface area contributed by atoms with Crippen LogP contribution in [0.4, 0.5) is 0 Å². The number of hydrogen-bond acceptors (Lipinski definition) is 3. The van der Waals surface area contributed by atoms with Gasteiger partial charge < -0.3 is 5.73 Å². The zero-order valence-corrected chi connectivity index (χ0v) is 9.14. The smallest absolute Gasteiger partial charge is 0.126 e. The molecule has 3 nitrogen and oxygen atoms in total. The van der Waals surface area contributed by atoms with Gasteiger partial charge in [-0.3, -0.25) is 0 Å². The minimum Gasteiger partial charge on any atom is -0.386 e. The van der Waals surface area contributed by atoms with E-state index >= 15 is 0 Å². The second-order valence-electron chi connectivity index (χ2n) is 3.89. The SMILES string of the molecule is CC1=C(Cc2ccccc2)N=C(N)[C@H]1C#N. The van der Waals surface area contributed by atoms with E-state index in [1.807, 2.05) is 37.3 Å². The Morgan fingerprint density at radius 3 is 2.62 bits per heavy atom. The van der Waals surface area contributed by atoms with Crippen LogP contribution in [0.15, 0.2) is 46.6 Å². The lowest BCUT2D eigenvalue weighted by atomic mass is 9.99. The average molecular weight is 211 g/mol. The number of nitriles is 1. The number of nitrogens with zero attached hydrogens (tertiary/aromatic N) is 2. The van der Waals surface area contributed by atoms with Gasteiger partial charge in [0.05, 0.1) is 6.07 Å². The Hall–Kier alpha value is -2.08. The quantitative estimate of drug-likeness (QED) is 0.813. The highest BCUT2D eigenvalue weighted by Gasteiger charge is 2.24. The minimum atomic E-state index is -0.335. The van der Waals surface area contributed by atoms with E-state index in [0.717, 1.165) is 17.7 Å². The van der Waals surface area contributed by atoms with Gasteiger partial charge in [-0.25, -0.2) is 4.99 Å². The molecular weight excluding hydrogens is 198 g/mol. The Morgan fingerprint density at radius 2 is 2.06 bits per heavy atom. The zero-order chi connectivity index (χ0) is 11.5. The molecule has 0 aromatic heterocycles. The van der Waals surface area contributed by atoms with Crippen LogP contribution in [0.3, 0.4) is 0 Å². The molecular formula is C13H13N3. The molecule has 0 saturated heterocycles.